The molecule has 0 fully saturated rings. The van der Waals surface area contributed by atoms with E-state index >= 15 is 0 Å². The van der Waals surface area contributed by atoms with Crippen LogP contribution in [0.25, 0.3) is 0 Å². The summed E-state index contributed by atoms with van der Waals surface area (Å²) < 4.78 is 21.8. The van der Waals surface area contributed by atoms with Gasteiger partial charge < -0.3 is 4.74 Å². The number of hydrogen-bond donors (Lipinski definition) is 0. The highest BCUT2D eigenvalue weighted by atomic mass is 32.1. The Bertz CT molecular complexity index is 722. The number of aromatic nitrogens is 2. The molecule has 0 N–H and O–H groups in total. The van der Waals surface area contributed by atoms with E-state index in [0.29, 0.717) is 11.6 Å². The van der Waals surface area contributed by atoms with Crippen LogP contribution in [-0.2, 0) is 25.1 Å². The number of aryl methyl sites for hydroxylation is 1. The quantitative estimate of drug-likeness (QED) is 0.811. The van der Waals surface area contributed by atoms with E-state index in [1.807, 2.05) is 19.2 Å². The van der Waals surface area contributed by atoms with Gasteiger partial charge in [0.15, 0.2) is 0 Å². The van der Waals surface area contributed by atoms with Crippen molar-refractivity contribution in [1.29, 1.82) is 0 Å². The fraction of sp³-hybridized carbons (Fsp3) is 0.214. The molecule has 0 saturated heterocycles. The van der Waals surface area contributed by atoms with Crippen molar-refractivity contribution in [1.82, 2.24) is 9.78 Å². The molecule has 1 aromatic heterocycles. The third-order valence-corrected chi connectivity index (χ3v) is 2.87. The first kappa shape index (κ1) is 14.0. The van der Waals surface area contributed by atoms with Crippen molar-refractivity contribution in [2.75, 3.05) is 0 Å². The Balaban J connectivity index is 2.31. The molecule has 0 atom stereocenters. The summed E-state index contributed by atoms with van der Waals surface area (Å²) in [5, 5.41) is 4.14. The van der Waals surface area contributed by atoms with Gasteiger partial charge in [-0.2, -0.15) is 8.57 Å². The average Bonchev–Trinajstić information content (AvgIpc) is 2.84. The van der Waals surface area contributed by atoms with Crippen LogP contribution < -0.4 is 4.74 Å². The molecular formula is C14H13N3O2S. The minimum atomic E-state index is 0.173. The van der Waals surface area contributed by atoms with E-state index in [0.717, 1.165) is 11.1 Å². The van der Waals surface area contributed by atoms with Gasteiger partial charge in [0.05, 0.1) is 5.69 Å². The maximum Gasteiger partial charge on any atom is 0.233 e. The van der Waals surface area contributed by atoms with Crippen LogP contribution in [-0.4, -0.2) is 14.0 Å². The van der Waals surface area contributed by atoms with Crippen molar-refractivity contribution in [2.45, 2.75) is 13.5 Å². The molecule has 0 amide bonds. The number of nitrogens with zero attached hydrogens (tertiary/aromatic N) is 3. The summed E-state index contributed by atoms with van der Waals surface area (Å²) in [6.45, 7) is 2.02. The molecule has 0 aliphatic carbocycles. The molecule has 0 unspecified atom stereocenters. The molecule has 0 aliphatic rings. The molecule has 0 saturated carbocycles. The SMILES string of the molecule is CC#Cc1cccc(N=S=O)c1COc1ccn(C)n1. The van der Waals surface area contributed by atoms with E-state index < -0.39 is 0 Å². The molecule has 1 heterocycles. The molecule has 0 spiro atoms. The van der Waals surface area contributed by atoms with Gasteiger partial charge in [0, 0.05) is 30.4 Å². The van der Waals surface area contributed by atoms with E-state index in [4.69, 9.17) is 4.74 Å². The molecule has 20 heavy (non-hydrogen) atoms. The average molecular weight is 287 g/mol. The lowest BCUT2D eigenvalue weighted by Crippen LogP contribution is -2.00. The summed E-state index contributed by atoms with van der Waals surface area (Å²) in [6, 6.07) is 7.23. The van der Waals surface area contributed by atoms with Gasteiger partial charge in [0.1, 0.15) is 6.61 Å². The largest absolute Gasteiger partial charge is 0.472 e. The second-order valence-corrected chi connectivity index (χ2v) is 4.29. The van der Waals surface area contributed by atoms with Crippen LogP contribution in [0.3, 0.4) is 0 Å². The van der Waals surface area contributed by atoms with Gasteiger partial charge in [0.25, 0.3) is 0 Å². The van der Waals surface area contributed by atoms with Crippen LogP contribution in [0.2, 0.25) is 0 Å². The Morgan fingerprint density at radius 1 is 1.45 bits per heavy atom. The maximum atomic E-state index is 10.7. The highest BCUT2D eigenvalue weighted by Gasteiger charge is 2.08. The summed E-state index contributed by atoms with van der Waals surface area (Å²) in [7, 11) is 1.82. The van der Waals surface area contributed by atoms with Crippen molar-refractivity contribution in [3.8, 4) is 17.7 Å². The molecule has 2 aromatic rings. The minimum absolute atomic E-state index is 0.173. The topological polar surface area (TPSA) is 56.5 Å². The first-order valence-electron chi connectivity index (χ1n) is 5.91. The summed E-state index contributed by atoms with van der Waals surface area (Å²) in [4.78, 5) is 0. The third kappa shape index (κ3) is 3.33. The molecule has 102 valence electrons. The zero-order chi connectivity index (χ0) is 14.4. The van der Waals surface area contributed by atoms with Gasteiger partial charge in [-0.25, -0.2) is 0 Å². The molecule has 0 radical (unpaired) electrons. The monoisotopic (exact) mass is 287 g/mol. The Kier molecular flexibility index (Phi) is 4.69. The van der Waals surface area contributed by atoms with Crippen LogP contribution >= 0.6 is 0 Å². The van der Waals surface area contributed by atoms with Crippen molar-refractivity contribution < 1.29 is 8.95 Å². The highest BCUT2D eigenvalue weighted by Crippen LogP contribution is 2.24. The Morgan fingerprint density at radius 2 is 2.30 bits per heavy atom. The fourth-order valence-corrected chi connectivity index (χ4v) is 1.97. The molecule has 6 heteroatoms. The molecule has 5 nitrogen and oxygen atoms in total. The van der Waals surface area contributed by atoms with E-state index in [2.05, 4.69) is 21.3 Å². The Morgan fingerprint density at radius 3 is 2.95 bits per heavy atom. The third-order valence-electron chi connectivity index (χ3n) is 2.60. The van der Waals surface area contributed by atoms with Crippen molar-refractivity contribution in [2.24, 2.45) is 11.4 Å². The molecular weight excluding hydrogens is 274 g/mol. The standard InChI is InChI=1S/C14H13N3O2S/c1-3-5-11-6-4-7-13(16-20-18)12(11)10-19-14-8-9-17(2)15-14/h4,6-9H,10H2,1-2H3. The lowest BCUT2D eigenvalue weighted by atomic mass is 10.1. The molecule has 0 aliphatic heterocycles. The van der Waals surface area contributed by atoms with E-state index in [1.165, 1.54) is 0 Å². The van der Waals surface area contributed by atoms with Crippen LogP contribution in [0, 0.1) is 11.8 Å². The number of hydrogen-bond acceptors (Lipinski definition) is 4. The molecule has 2 rings (SSSR count). The highest BCUT2D eigenvalue weighted by molar-refractivity contribution is 7.54. The zero-order valence-corrected chi connectivity index (χ0v) is 12.0. The van der Waals surface area contributed by atoms with Crippen molar-refractivity contribution in [3.05, 3.63) is 41.6 Å². The van der Waals surface area contributed by atoms with Gasteiger partial charge in [-0.1, -0.05) is 12.0 Å². The Hall–Kier alpha value is -2.39. The van der Waals surface area contributed by atoms with E-state index in [1.54, 1.807) is 29.9 Å². The first-order chi connectivity index (χ1) is 9.74. The normalized spacial score (nSPS) is 9.50. The van der Waals surface area contributed by atoms with Crippen LogP contribution in [0.15, 0.2) is 34.8 Å². The number of benzene rings is 1. The van der Waals surface area contributed by atoms with Crippen LogP contribution in [0.1, 0.15) is 18.1 Å². The van der Waals surface area contributed by atoms with Crippen molar-refractivity contribution in [3.63, 3.8) is 0 Å². The Labute approximate surface area is 120 Å². The van der Waals surface area contributed by atoms with Gasteiger partial charge in [-0.3, -0.25) is 4.68 Å². The summed E-state index contributed by atoms with van der Waals surface area (Å²) >= 11 is 0.173. The second kappa shape index (κ2) is 6.68. The first-order valence-corrected chi connectivity index (χ1v) is 6.61. The molecule has 1 aromatic carbocycles. The minimum Gasteiger partial charge on any atom is -0.472 e. The van der Waals surface area contributed by atoms with Crippen LogP contribution in [0.5, 0.6) is 5.88 Å². The zero-order valence-electron chi connectivity index (χ0n) is 11.2. The maximum absolute atomic E-state index is 10.7. The van der Waals surface area contributed by atoms with Crippen molar-refractivity contribution >= 4 is 17.2 Å². The molecule has 0 bridgehead atoms. The van der Waals surface area contributed by atoms with E-state index in [-0.39, 0.29) is 18.1 Å². The predicted molar refractivity (Wildman–Crippen MR) is 76.8 cm³/mol. The summed E-state index contributed by atoms with van der Waals surface area (Å²) in [5.41, 5.74) is 2.18. The fourth-order valence-electron chi connectivity index (χ4n) is 1.72. The second-order valence-electron chi connectivity index (χ2n) is 3.96. The predicted octanol–water partition coefficient (Wildman–Crippen LogP) is 2.40. The summed E-state index contributed by atoms with van der Waals surface area (Å²) in [6.07, 6.45) is 1.80. The summed E-state index contributed by atoms with van der Waals surface area (Å²) in [5.74, 6) is 6.35. The smallest absolute Gasteiger partial charge is 0.233 e. The van der Waals surface area contributed by atoms with Gasteiger partial charge in [0.2, 0.25) is 17.3 Å². The lowest BCUT2D eigenvalue weighted by Gasteiger charge is -2.08. The van der Waals surface area contributed by atoms with Gasteiger partial charge in [-0.05, 0) is 19.1 Å². The number of ether oxygens (including phenoxy) is 1. The van der Waals surface area contributed by atoms with Gasteiger partial charge in [-0.15, -0.1) is 11.0 Å². The lowest BCUT2D eigenvalue weighted by molar-refractivity contribution is 0.291. The van der Waals surface area contributed by atoms with Crippen LogP contribution in [0.4, 0.5) is 5.69 Å². The van der Waals surface area contributed by atoms with Gasteiger partial charge >= 0.3 is 0 Å². The number of rotatable bonds is 4. The van der Waals surface area contributed by atoms with E-state index in [9.17, 15) is 4.21 Å².